The highest BCUT2D eigenvalue weighted by Crippen LogP contribution is 2.30. The highest BCUT2D eigenvalue weighted by atomic mass is 16.3. The lowest BCUT2D eigenvalue weighted by Gasteiger charge is -2.04. The van der Waals surface area contributed by atoms with Crippen molar-refractivity contribution in [3.63, 3.8) is 0 Å². The summed E-state index contributed by atoms with van der Waals surface area (Å²) >= 11 is 0. The summed E-state index contributed by atoms with van der Waals surface area (Å²) in [6.07, 6.45) is 3.98. The van der Waals surface area contributed by atoms with E-state index < -0.39 is 0 Å². The third kappa shape index (κ3) is 3.25. The molecule has 0 amide bonds. The molecule has 2 aromatic carbocycles. The van der Waals surface area contributed by atoms with Crippen LogP contribution in [0, 0.1) is 0 Å². The van der Waals surface area contributed by atoms with Crippen molar-refractivity contribution in [3.05, 3.63) is 83.0 Å². The molecule has 2 aromatic heterocycles. The van der Waals surface area contributed by atoms with Crippen LogP contribution < -0.4 is 5.56 Å². The van der Waals surface area contributed by atoms with Gasteiger partial charge in [-0.3, -0.25) is 9.59 Å². The summed E-state index contributed by atoms with van der Waals surface area (Å²) < 4.78 is 1.88. The van der Waals surface area contributed by atoms with E-state index in [4.69, 9.17) is 5.11 Å². The monoisotopic (exact) mass is 373 g/mol. The molecule has 0 fully saturated rings. The van der Waals surface area contributed by atoms with Crippen LogP contribution in [0.1, 0.15) is 23.2 Å². The van der Waals surface area contributed by atoms with E-state index in [2.05, 4.69) is 9.97 Å². The molecule has 4 aromatic rings. The molecule has 6 heteroatoms. The fraction of sp³-hybridized carbons (Fsp3) is 0.136. The largest absolute Gasteiger partial charge is 0.396 e. The Kier molecular flexibility index (Phi) is 4.87. The fourth-order valence-electron chi connectivity index (χ4n) is 3.32. The van der Waals surface area contributed by atoms with Crippen LogP contribution in [0.15, 0.2) is 71.9 Å². The van der Waals surface area contributed by atoms with Gasteiger partial charge in [0.1, 0.15) is 0 Å². The number of aliphatic hydroxyl groups excluding tert-OH is 1. The van der Waals surface area contributed by atoms with Crippen LogP contribution in [-0.2, 0) is 0 Å². The maximum absolute atomic E-state index is 12.6. The van der Waals surface area contributed by atoms with Crippen molar-refractivity contribution in [1.82, 2.24) is 14.5 Å². The van der Waals surface area contributed by atoms with Crippen molar-refractivity contribution in [2.24, 2.45) is 0 Å². The van der Waals surface area contributed by atoms with Gasteiger partial charge in [-0.2, -0.15) is 0 Å². The highest BCUT2D eigenvalue weighted by molar-refractivity contribution is 5.99. The lowest BCUT2D eigenvalue weighted by atomic mass is 10.00. The molecule has 0 bridgehead atoms. The van der Waals surface area contributed by atoms with Gasteiger partial charge in [0, 0.05) is 36.0 Å². The first kappa shape index (κ1) is 17.9. The summed E-state index contributed by atoms with van der Waals surface area (Å²) in [6, 6.07) is 16.9. The number of aromatic nitrogens is 3. The number of rotatable bonds is 6. The van der Waals surface area contributed by atoms with E-state index >= 15 is 0 Å². The van der Waals surface area contributed by atoms with Gasteiger partial charge in [-0.1, -0.05) is 36.4 Å². The number of fused-ring (bicyclic) bond motifs is 1. The Hall–Kier alpha value is -3.51. The molecule has 2 heterocycles. The summed E-state index contributed by atoms with van der Waals surface area (Å²) in [5, 5.41) is 9.43. The number of nitrogens with one attached hydrogen (secondary N) is 1. The second-order valence-corrected chi connectivity index (χ2v) is 6.51. The summed E-state index contributed by atoms with van der Waals surface area (Å²) in [5.74, 6) is -0.0327. The zero-order valence-corrected chi connectivity index (χ0v) is 15.1. The number of H-pyrrole nitrogens is 1. The number of nitrogens with zero attached hydrogens (tertiary/aromatic N) is 2. The second-order valence-electron chi connectivity index (χ2n) is 6.51. The first-order valence-corrected chi connectivity index (χ1v) is 9.07. The minimum Gasteiger partial charge on any atom is -0.396 e. The predicted molar refractivity (Wildman–Crippen MR) is 108 cm³/mol. The standard InChI is InChI=1S/C22H19N3O3/c26-11-5-10-19(27)16-7-4-6-15(12-16)18-13-25(17-8-2-1-3-9-17)21-20(18)22(28)24-14-23-21/h1-4,6-9,12-14,26H,5,10-11H2,(H,23,24,28). The topological polar surface area (TPSA) is 88.0 Å². The third-order valence-electron chi connectivity index (χ3n) is 4.68. The van der Waals surface area contributed by atoms with Gasteiger partial charge in [-0.25, -0.2) is 4.98 Å². The van der Waals surface area contributed by atoms with Crippen LogP contribution in [0.4, 0.5) is 0 Å². The molecule has 0 aliphatic heterocycles. The van der Waals surface area contributed by atoms with Gasteiger partial charge in [0.15, 0.2) is 11.4 Å². The quantitative estimate of drug-likeness (QED) is 0.508. The van der Waals surface area contributed by atoms with Crippen LogP contribution in [0.5, 0.6) is 0 Å². The molecule has 0 radical (unpaired) electrons. The van der Waals surface area contributed by atoms with Crippen molar-refractivity contribution in [3.8, 4) is 16.8 Å². The van der Waals surface area contributed by atoms with E-state index in [9.17, 15) is 9.59 Å². The average Bonchev–Trinajstić information content (AvgIpc) is 3.14. The molecule has 4 rings (SSSR count). The van der Waals surface area contributed by atoms with E-state index in [0.29, 0.717) is 28.6 Å². The first-order chi connectivity index (χ1) is 13.7. The number of aromatic amines is 1. The molecule has 0 atom stereocenters. The number of hydrogen-bond donors (Lipinski definition) is 2. The van der Waals surface area contributed by atoms with Crippen LogP contribution in [0.2, 0.25) is 0 Å². The fourth-order valence-corrected chi connectivity index (χ4v) is 3.32. The third-order valence-corrected chi connectivity index (χ3v) is 4.68. The molecular formula is C22H19N3O3. The van der Waals surface area contributed by atoms with Crippen molar-refractivity contribution in [2.75, 3.05) is 6.61 Å². The molecule has 0 spiro atoms. The first-order valence-electron chi connectivity index (χ1n) is 9.07. The van der Waals surface area contributed by atoms with Crippen LogP contribution >= 0.6 is 0 Å². The number of benzene rings is 2. The number of para-hydroxylation sites is 1. The molecular weight excluding hydrogens is 354 g/mol. The number of carbonyl (C=O) groups is 1. The van der Waals surface area contributed by atoms with Gasteiger partial charge in [0.2, 0.25) is 0 Å². The predicted octanol–water partition coefficient (Wildman–Crippen LogP) is 3.34. The van der Waals surface area contributed by atoms with Crippen molar-refractivity contribution < 1.29 is 9.90 Å². The van der Waals surface area contributed by atoms with Crippen molar-refractivity contribution in [2.45, 2.75) is 12.8 Å². The van der Waals surface area contributed by atoms with Gasteiger partial charge < -0.3 is 14.7 Å². The lowest BCUT2D eigenvalue weighted by molar-refractivity contribution is 0.0971. The molecule has 0 aliphatic rings. The van der Waals surface area contributed by atoms with Gasteiger partial charge in [-0.15, -0.1) is 0 Å². The Morgan fingerprint density at radius 3 is 2.71 bits per heavy atom. The van der Waals surface area contributed by atoms with Gasteiger partial charge in [-0.05, 0) is 30.2 Å². The van der Waals surface area contributed by atoms with E-state index in [1.807, 2.05) is 47.2 Å². The number of hydrogen-bond acceptors (Lipinski definition) is 4. The maximum atomic E-state index is 12.6. The van der Waals surface area contributed by atoms with E-state index in [1.165, 1.54) is 6.33 Å². The minimum atomic E-state index is -0.230. The van der Waals surface area contributed by atoms with Gasteiger partial charge in [0.25, 0.3) is 5.56 Å². The molecule has 140 valence electrons. The van der Waals surface area contributed by atoms with Crippen LogP contribution in [0.3, 0.4) is 0 Å². The van der Waals surface area contributed by atoms with E-state index in [1.54, 1.807) is 18.2 Å². The Morgan fingerprint density at radius 2 is 1.93 bits per heavy atom. The van der Waals surface area contributed by atoms with Crippen molar-refractivity contribution >= 4 is 16.8 Å². The van der Waals surface area contributed by atoms with Crippen LogP contribution in [0.25, 0.3) is 27.8 Å². The van der Waals surface area contributed by atoms with Gasteiger partial charge >= 0.3 is 0 Å². The number of aliphatic hydroxyl groups is 1. The second kappa shape index (κ2) is 7.62. The SMILES string of the molecule is O=C(CCCO)c1cccc(-c2cn(-c3ccccc3)c3nc[nH]c(=O)c23)c1. The molecule has 0 unspecified atom stereocenters. The molecule has 6 nitrogen and oxygen atoms in total. The molecule has 28 heavy (non-hydrogen) atoms. The van der Waals surface area contributed by atoms with E-state index in [0.717, 1.165) is 11.3 Å². The molecule has 0 aliphatic carbocycles. The Labute approximate surface area is 161 Å². The molecule has 0 saturated carbocycles. The Balaban J connectivity index is 1.88. The number of ketones is 1. The number of carbonyl (C=O) groups excluding carboxylic acids is 1. The zero-order valence-electron chi connectivity index (χ0n) is 15.1. The molecule has 2 N–H and O–H groups in total. The average molecular weight is 373 g/mol. The van der Waals surface area contributed by atoms with Gasteiger partial charge in [0.05, 0.1) is 11.7 Å². The summed E-state index contributed by atoms with van der Waals surface area (Å²) in [6.45, 7) is -0.0168. The molecule has 0 saturated heterocycles. The number of Topliss-reactive ketones (excluding diaryl/α,β-unsaturated/α-hetero) is 1. The normalized spacial score (nSPS) is 11.0. The van der Waals surface area contributed by atoms with Crippen molar-refractivity contribution in [1.29, 1.82) is 0 Å². The summed E-state index contributed by atoms with van der Waals surface area (Å²) in [7, 11) is 0. The lowest BCUT2D eigenvalue weighted by Crippen LogP contribution is -2.07. The highest BCUT2D eigenvalue weighted by Gasteiger charge is 2.16. The van der Waals surface area contributed by atoms with Crippen LogP contribution in [-0.4, -0.2) is 32.0 Å². The summed E-state index contributed by atoms with van der Waals surface area (Å²) in [4.78, 5) is 31.9. The summed E-state index contributed by atoms with van der Waals surface area (Å²) in [5.41, 5.74) is 3.27. The smallest absolute Gasteiger partial charge is 0.260 e. The maximum Gasteiger partial charge on any atom is 0.260 e. The minimum absolute atomic E-state index is 0.0168. The Morgan fingerprint density at radius 1 is 1.11 bits per heavy atom. The zero-order chi connectivity index (χ0) is 19.5. The van der Waals surface area contributed by atoms with E-state index in [-0.39, 0.29) is 24.4 Å². The Bertz CT molecular complexity index is 1190.